The minimum atomic E-state index is -4.96. The summed E-state index contributed by atoms with van der Waals surface area (Å²) in [5, 5.41) is 4.99. The SMILES string of the molecule is CCC(=O)Nc1ccc2c(c1)N1CCC[C@H](NC(=O)C(F)(F)F)[C@H]1c1ccccc1O2. The highest BCUT2D eigenvalue weighted by atomic mass is 19.4. The first kappa shape index (κ1) is 21.0. The zero-order valence-corrected chi connectivity index (χ0v) is 16.8. The lowest BCUT2D eigenvalue weighted by atomic mass is 9.89. The van der Waals surface area contributed by atoms with Crippen molar-refractivity contribution in [3.63, 3.8) is 0 Å². The zero-order valence-electron chi connectivity index (χ0n) is 16.8. The number of nitrogens with one attached hydrogen (secondary N) is 2. The maximum atomic E-state index is 13.0. The molecule has 2 heterocycles. The zero-order chi connectivity index (χ0) is 22.2. The maximum absolute atomic E-state index is 13.0. The minimum Gasteiger partial charge on any atom is -0.455 e. The number of hydrogen-bond donors (Lipinski definition) is 2. The Hall–Kier alpha value is -3.23. The molecular formula is C22H22F3N3O3. The Kier molecular flexibility index (Phi) is 5.51. The van der Waals surface area contributed by atoms with Crippen molar-refractivity contribution in [1.29, 1.82) is 0 Å². The van der Waals surface area contributed by atoms with Crippen LogP contribution in [0.3, 0.4) is 0 Å². The number of amides is 2. The number of carbonyl (C=O) groups is 2. The highest BCUT2D eigenvalue weighted by molar-refractivity contribution is 5.91. The molecule has 0 unspecified atom stereocenters. The third-order valence-electron chi connectivity index (χ3n) is 5.54. The summed E-state index contributed by atoms with van der Waals surface area (Å²) < 4.78 is 45.0. The molecule has 2 amide bonds. The van der Waals surface area contributed by atoms with Gasteiger partial charge in [0, 0.05) is 24.2 Å². The summed E-state index contributed by atoms with van der Waals surface area (Å²) in [6.45, 7) is 2.31. The van der Waals surface area contributed by atoms with Crippen molar-refractivity contribution in [3.05, 3.63) is 48.0 Å². The minimum absolute atomic E-state index is 0.150. The van der Waals surface area contributed by atoms with Crippen LogP contribution in [0.25, 0.3) is 0 Å². The fourth-order valence-corrected chi connectivity index (χ4v) is 4.14. The Morgan fingerprint density at radius 3 is 2.68 bits per heavy atom. The number of ether oxygens (including phenoxy) is 1. The summed E-state index contributed by atoms with van der Waals surface area (Å²) >= 11 is 0. The van der Waals surface area contributed by atoms with Crippen LogP contribution in [0.15, 0.2) is 42.5 Å². The molecule has 31 heavy (non-hydrogen) atoms. The van der Waals surface area contributed by atoms with Crippen molar-refractivity contribution >= 4 is 23.2 Å². The van der Waals surface area contributed by atoms with E-state index in [-0.39, 0.29) is 5.91 Å². The predicted octanol–water partition coefficient (Wildman–Crippen LogP) is 4.53. The van der Waals surface area contributed by atoms with Gasteiger partial charge in [-0.25, -0.2) is 0 Å². The second kappa shape index (κ2) is 8.13. The van der Waals surface area contributed by atoms with E-state index in [0.717, 1.165) is 0 Å². The molecule has 2 N–H and O–H groups in total. The molecule has 2 atom stereocenters. The Morgan fingerprint density at radius 2 is 1.94 bits per heavy atom. The number of nitrogens with zero attached hydrogens (tertiary/aromatic N) is 1. The number of fused-ring (bicyclic) bond motifs is 5. The Bertz CT molecular complexity index is 1010. The van der Waals surface area contributed by atoms with Gasteiger partial charge in [0.2, 0.25) is 5.91 Å². The lowest BCUT2D eigenvalue weighted by molar-refractivity contribution is -0.174. The highest BCUT2D eigenvalue weighted by Gasteiger charge is 2.44. The van der Waals surface area contributed by atoms with Crippen molar-refractivity contribution in [2.45, 2.75) is 44.4 Å². The third-order valence-corrected chi connectivity index (χ3v) is 5.54. The number of halogens is 3. The third kappa shape index (κ3) is 4.17. The van der Waals surface area contributed by atoms with Gasteiger partial charge in [0.15, 0.2) is 5.75 Å². The van der Waals surface area contributed by atoms with E-state index in [9.17, 15) is 22.8 Å². The monoisotopic (exact) mass is 433 g/mol. The number of para-hydroxylation sites is 1. The van der Waals surface area contributed by atoms with E-state index < -0.39 is 24.2 Å². The lowest BCUT2D eigenvalue weighted by Gasteiger charge is -2.42. The molecule has 0 bridgehead atoms. The number of anilines is 2. The first-order valence-electron chi connectivity index (χ1n) is 10.1. The van der Waals surface area contributed by atoms with Crippen LogP contribution in [0, 0.1) is 0 Å². The average Bonchev–Trinajstić information content (AvgIpc) is 2.88. The predicted molar refractivity (Wildman–Crippen MR) is 109 cm³/mol. The van der Waals surface area contributed by atoms with Gasteiger partial charge in [-0.2, -0.15) is 13.2 Å². The van der Waals surface area contributed by atoms with E-state index in [2.05, 4.69) is 10.6 Å². The molecule has 0 aliphatic carbocycles. The van der Waals surface area contributed by atoms with Crippen LogP contribution in [0.5, 0.6) is 11.5 Å². The lowest BCUT2D eigenvalue weighted by Crippen LogP contribution is -2.52. The Morgan fingerprint density at radius 1 is 1.16 bits per heavy atom. The van der Waals surface area contributed by atoms with Gasteiger partial charge in [0.05, 0.1) is 17.8 Å². The molecule has 1 saturated heterocycles. The van der Waals surface area contributed by atoms with E-state index in [1.54, 1.807) is 49.4 Å². The molecule has 1 fully saturated rings. The number of benzene rings is 2. The number of alkyl halides is 3. The fraction of sp³-hybridized carbons (Fsp3) is 0.364. The fourth-order valence-electron chi connectivity index (χ4n) is 4.14. The molecule has 2 aliphatic heterocycles. The topological polar surface area (TPSA) is 70.7 Å². The first-order valence-corrected chi connectivity index (χ1v) is 10.1. The molecule has 2 aromatic rings. The van der Waals surface area contributed by atoms with Crippen LogP contribution in [0.4, 0.5) is 24.5 Å². The number of rotatable bonds is 3. The molecule has 4 rings (SSSR count). The molecule has 0 aromatic heterocycles. The maximum Gasteiger partial charge on any atom is 0.471 e. The van der Waals surface area contributed by atoms with Crippen molar-refractivity contribution in [2.24, 2.45) is 0 Å². The Labute approximate surface area is 177 Å². The number of carbonyl (C=O) groups excluding carboxylic acids is 2. The smallest absolute Gasteiger partial charge is 0.455 e. The normalized spacial score (nSPS) is 19.8. The summed E-state index contributed by atoms with van der Waals surface area (Å²) in [7, 11) is 0. The number of piperidine rings is 1. The molecule has 9 heteroatoms. The summed E-state index contributed by atoms with van der Waals surface area (Å²) in [4.78, 5) is 25.5. The molecule has 0 saturated carbocycles. The van der Waals surface area contributed by atoms with Crippen LogP contribution >= 0.6 is 0 Å². The van der Waals surface area contributed by atoms with E-state index in [1.165, 1.54) is 0 Å². The van der Waals surface area contributed by atoms with Gasteiger partial charge in [0.25, 0.3) is 0 Å². The van der Waals surface area contributed by atoms with Gasteiger partial charge in [-0.15, -0.1) is 0 Å². The summed E-state index contributed by atoms with van der Waals surface area (Å²) in [5.74, 6) is -1.04. The molecule has 0 spiro atoms. The van der Waals surface area contributed by atoms with Gasteiger partial charge in [-0.05, 0) is 37.1 Å². The van der Waals surface area contributed by atoms with Gasteiger partial charge >= 0.3 is 12.1 Å². The molecule has 164 valence electrons. The second-order valence-electron chi connectivity index (χ2n) is 7.58. The van der Waals surface area contributed by atoms with Crippen LogP contribution in [-0.4, -0.2) is 30.6 Å². The standard InChI is InChI=1S/C22H22F3N3O3/c1-2-19(29)26-13-9-10-18-16(12-13)28-11-5-7-15(27-21(30)22(23,24)25)20(28)14-6-3-4-8-17(14)31-18/h3-4,6,8-10,12,15,20H,2,5,7,11H2,1H3,(H,26,29)(H,27,30)/t15-,20+/m0/s1. The van der Waals surface area contributed by atoms with Crippen molar-refractivity contribution < 1.29 is 27.5 Å². The van der Waals surface area contributed by atoms with Gasteiger partial charge in [-0.3, -0.25) is 9.59 Å². The Balaban J connectivity index is 1.77. The summed E-state index contributed by atoms with van der Waals surface area (Å²) in [5.41, 5.74) is 1.92. The quantitative estimate of drug-likeness (QED) is 0.746. The van der Waals surface area contributed by atoms with E-state index >= 15 is 0 Å². The van der Waals surface area contributed by atoms with E-state index in [1.807, 2.05) is 4.90 Å². The van der Waals surface area contributed by atoms with Crippen molar-refractivity contribution in [1.82, 2.24) is 5.32 Å². The van der Waals surface area contributed by atoms with E-state index in [4.69, 9.17) is 4.74 Å². The van der Waals surface area contributed by atoms with Crippen LogP contribution in [-0.2, 0) is 9.59 Å². The molecule has 6 nitrogen and oxygen atoms in total. The van der Waals surface area contributed by atoms with E-state index in [0.29, 0.717) is 54.2 Å². The van der Waals surface area contributed by atoms with Gasteiger partial charge in [0.1, 0.15) is 5.75 Å². The van der Waals surface area contributed by atoms with Crippen LogP contribution < -0.4 is 20.3 Å². The summed E-state index contributed by atoms with van der Waals surface area (Å²) in [6, 6.07) is 11.1. The average molecular weight is 433 g/mol. The number of hydrogen-bond acceptors (Lipinski definition) is 4. The second-order valence-corrected chi connectivity index (χ2v) is 7.58. The first-order chi connectivity index (χ1) is 14.8. The molecule has 0 radical (unpaired) electrons. The van der Waals surface area contributed by atoms with Gasteiger partial charge in [-0.1, -0.05) is 25.1 Å². The molecule has 2 aliphatic rings. The van der Waals surface area contributed by atoms with Crippen LogP contribution in [0.1, 0.15) is 37.8 Å². The van der Waals surface area contributed by atoms with Crippen molar-refractivity contribution in [3.8, 4) is 11.5 Å². The summed E-state index contributed by atoms with van der Waals surface area (Å²) in [6.07, 6.45) is -3.65. The van der Waals surface area contributed by atoms with Gasteiger partial charge < -0.3 is 20.3 Å². The molecular weight excluding hydrogens is 411 g/mol. The largest absolute Gasteiger partial charge is 0.471 e. The highest BCUT2D eigenvalue weighted by Crippen LogP contribution is 2.48. The van der Waals surface area contributed by atoms with Crippen molar-refractivity contribution in [2.75, 3.05) is 16.8 Å². The van der Waals surface area contributed by atoms with Crippen LogP contribution in [0.2, 0.25) is 0 Å². The molecule has 2 aromatic carbocycles.